The Balaban J connectivity index is 1.75. The molecule has 2 aromatic carbocycles. The van der Waals surface area contributed by atoms with Gasteiger partial charge in [0.25, 0.3) is 5.91 Å². The summed E-state index contributed by atoms with van der Waals surface area (Å²) in [5.74, 6) is -0.358. The number of benzene rings is 2. The minimum Gasteiger partial charge on any atom is -0.322 e. The third-order valence-electron chi connectivity index (χ3n) is 4.45. The molecule has 0 aliphatic rings. The predicted molar refractivity (Wildman–Crippen MR) is 113 cm³/mol. The topological polar surface area (TPSA) is 84.3 Å². The molecule has 0 spiro atoms. The van der Waals surface area contributed by atoms with Crippen molar-refractivity contribution in [3.63, 3.8) is 0 Å². The lowest BCUT2D eigenvalue weighted by molar-refractivity contribution is 0.102. The van der Waals surface area contributed by atoms with Crippen LogP contribution in [0.3, 0.4) is 0 Å². The zero-order valence-corrected chi connectivity index (χ0v) is 17.6. The molecule has 3 rings (SSSR count). The number of imidazole rings is 1. The number of nitrogens with one attached hydrogen (secondary N) is 1. The first-order valence-corrected chi connectivity index (χ1v) is 10.9. The number of aromatic nitrogens is 2. The second-order valence-corrected chi connectivity index (χ2v) is 8.55. The van der Waals surface area contributed by atoms with Gasteiger partial charge >= 0.3 is 0 Å². The average molecular weight is 433 g/mol. The van der Waals surface area contributed by atoms with E-state index >= 15 is 0 Å². The van der Waals surface area contributed by atoms with Crippen molar-refractivity contribution in [1.82, 2.24) is 13.9 Å². The molecule has 0 aliphatic carbocycles. The van der Waals surface area contributed by atoms with Crippen molar-refractivity contribution < 1.29 is 13.2 Å². The largest absolute Gasteiger partial charge is 0.322 e. The van der Waals surface area contributed by atoms with Crippen molar-refractivity contribution in [3.8, 4) is 5.69 Å². The van der Waals surface area contributed by atoms with Crippen LogP contribution >= 0.6 is 11.6 Å². The molecule has 0 aliphatic heterocycles. The van der Waals surface area contributed by atoms with Crippen LogP contribution in [0.25, 0.3) is 5.69 Å². The molecule has 1 amide bonds. The zero-order chi connectivity index (χ0) is 21.0. The van der Waals surface area contributed by atoms with Gasteiger partial charge in [0.05, 0.1) is 21.9 Å². The van der Waals surface area contributed by atoms with Crippen LogP contribution in [-0.2, 0) is 10.0 Å². The molecule has 0 unspecified atom stereocenters. The highest BCUT2D eigenvalue weighted by atomic mass is 35.5. The summed E-state index contributed by atoms with van der Waals surface area (Å²) >= 11 is 6.31. The van der Waals surface area contributed by atoms with Crippen molar-refractivity contribution in [2.75, 3.05) is 18.4 Å². The van der Waals surface area contributed by atoms with Gasteiger partial charge in [-0.25, -0.2) is 13.4 Å². The molecule has 0 saturated heterocycles. The summed E-state index contributed by atoms with van der Waals surface area (Å²) in [5, 5.41) is 3.23. The Morgan fingerprint density at radius 3 is 2.38 bits per heavy atom. The van der Waals surface area contributed by atoms with E-state index in [1.54, 1.807) is 55.3 Å². The third-order valence-corrected chi connectivity index (χ3v) is 6.81. The Morgan fingerprint density at radius 2 is 1.83 bits per heavy atom. The fraction of sp³-hybridized carbons (Fsp3) is 0.200. The van der Waals surface area contributed by atoms with Crippen LogP contribution in [0.5, 0.6) is 0 Å². The number of amides is 1. The molecule has 0 radical (unpaired) electrons. The normalized spacial score (nSPS) is 11.6. The van der Waals surface area contributed by atoms with Gasteiger partial charge in [-0.2, -0.15) is 4.31 Å². The molecule has 0 saturated carbocycles. The maximum atomic E-state index is 12.5. The number of hydrogen-bond donors (Lipinski definition) is 1. The smallest absolute Gasteiger partial charge is 0.255 e. The Morgan fingerprint density at radius 1 is 1.14 bits per heavy atom. The molecule has 1 heterocycles. The molecule has 0 atom stereocenters. The number of carbonyl (C=O) groups excluding carboxylic acids is 1. The third kappa shape index (κ3) is 4.50. The summed E-state index contributed by atoms with van der Waals surface area (Å²) in [4.78, 5) is 16.7. The lowest BCUT2D eigenvalue weighted by atomic mass is 10.2. The standard InChI is InChI=1S/C20H21ClN4O3S/c1-3-25(4-2)29(27,28)17-8-5-15(6-9-17)20(26)23-16-7-10-19(18(21)13-16)24-12-11-22-14-24/h5-14H,3-4H2,1-2H3,(H,23,26). The van der Waals surface area contributed by atoms with Crippen LogP contribution in [-0.4, -0.2) is 41.3 Å². The highest BCUT2D eigenvalue weighted by Crippen LogP contribution is 2.25. The number of halogens is 1. The lowest BCUT2D eigenvalue weighted by Gasteiger charge is -2.18. The summed E-state index contributed by atoms with van der Waals surface area (Å²) in [7, 11) is -3.56. The first-order chi connectivity index (χ1) is 13.9. The summed E-state index contributed by atoms with van der Waals surface area (Å²) < 4.78 is 28.2. The van der Waals surface area contributed by atoms with Gasteiger partial charge in [0.2, 0.25) is 10.0 Å². The number of carbonyl (C=O) groups is 1. The molecule has 152 valence electrons. The Bertz CT molecular complexity index is 1090. The van der Waals surface area contributed by atoms with E-state index < -0.39 is 10.0 Å². The van der Waals surface area contributed by atoms with Gasteiger partial charge < -0.3 is 9.88 Å². The van der Waals surface area contributed by atoms with Crippen molar-refractivity contribution >= 4 is 33.2 Å². The average Bonchev–Trinajstić information content (AvgIpc) is 3.23. The van der Waals surface area contributed by atoms with Gasteiger partial charge in [0.1, 0.15) is 0 Å². The zero-order valence-electron chi connectivity index (χ0n) is 16.0. The molecular formula is C20H21ClN4O3S. The first kappa shape index (κ1) is 21.0. The van der Waals surface area contributed by atoms with Crippen LogP contribution < -0.4 is 5.32 Å². The van der Waals surface area contributed by atoms with Crippen molar-refractivity contribution in [3.05, 3.63) is 71.8 Å². The highest BCUT2D eigenvalue weighted by molar-refractivity contribution is 7.89. The van der Waals surface area contributed by atoms with Gasteiger partial charge in [0.15, 0.2) is 0 Å². The second-order valence-electron chi connectivity index (χ2n) is 6.20. The molecule has 0 bridgehead atoms. The van der Waals surface area contributed by atoms with E-state index in [1.807, 2.05) is 0 Å². The van der Waals surface area contributed by atoms with Gasteiger partial charge in [-0.1, -0.05) is 25.4 Å². The summed E-state index contributed by atoms with van der Waals surface area (Å²) in [5.41, 5.74) is 1.62. The van der Waals surface area contributed by atoms with Crippen molar-refractivity contribution in [2.24, 2.45) is 0 Å². The van der Waals surface area contributed by atoms with Crippen LogP contribution in [0.4, 0.5) is 5.69 Å². The SMILES string of the molecule is CCN(CC)S(=O)(=O)c1ccc(C(=O)Nc2ccc(-n3ccnc3)c(Cl)c2)cc1. The quantitative estimate of drug-likeness (QED) is 0.615. The molecule has 1 aromatic heterocycles. The van der Waals surface area contributed by atoms with Gasteiger partial charge in [0, 0.05) is 36.7 Å². The minimum absolute atomic E-state index is 0.158. The van der Waals surface area contributed by atoms with Gasteiger partial charge in [-0.3, -0.25) is 4.79 Å². The second kappa shape index (κ2) is 8.77. The van der Waals surface area contributed by atoms with E-state index in [2.05, 4.69) is 10.3 Å². The first-order valence-electron chi connectivity index (χ1n) is 9.06. The number of rotatable bonds is 7. The molecule has 0 fully saturated rings. The Labute approximate surface area is 175 Å². The number of sulfonamides is 1. The van der Waals surface area contributed by atoms with Crippen LogP contribution in [0.15, 0.2) is 66.1 Å². The van der Waals surface area contributed by atoms with Crippen LogP contribution in [0, 0.1) is 0 Å². The summed E-state index contributed by atoms with van der Waals surface area (Å²) in [6.07, 6.45) is 5.05. The lowest BCUT2D eigenvalue weighted by Crippen LogP contribution is -2.30. The van der Waals surface area contributed by atoms with Crippen LogP contribution in [0.2, 0.25) is 5.02 Å². The summed E-state index contributed by atoms with van der Waals surface area (Å²) in [6, 6.07) is 11.0. The molecule has 29 heavy (non-hydrogen) atoms. The monoisotopic (exact) mass is 432 g/mol. The number of nitrogens with zero attached hydrogens (tertiary/aromatic N) is 3. The molecule has 9 heteroatoms. The van der Waals surface area contributed by atoms with E-state index in [0.29, 0.717) is 29.4 Å². The van der Waals surface area contributed by atoms with E-state index in [-0.39, 0.29) is 10.8 Å². The highest BCUT2D eigenvalue weighted by Gasteiger charge is 2.21. The maximum Gasteiger partial charge on any atom is 0.255 e. The van der Waals surface area contributed by atoms with Gasteiger partial charge in [-0.05, 0) is 42.5 Å². The Kier molecular flexibility index (Phi) is 6.36. The Hall–Kier alpha value is -2.68. The molecular weight excluding hydrogens is 412 g/mol. The molecule has 3 aromatic rings. The fourth-order valence-corrected chi connectivity index (χ4v) is 4.63. The summed E-state index contributed by atoms with van der Waals surface area (Å²) in [6.45, 7) is 4.34. The fourth-order valence-electron chi connectivity index (χ4n) is 2.89. The number of anilines is 1. The van der Waals surface area contributed by atoms with E-state index in [1.165, 1.54) is 28.6 Å². The molecule has 1 N–H and O–H groups in total. The van der Waals surface area contributed by atoms with Crippen molar-refractivity contribution in [1.29, 1.82) is 0 Å². The number of hydrogen-bond acceptors (Lipinski definition) is 4. The van der Waals surface area contributed by atoms with Crippen molar-refractivity contribution in [2.45, 2.75) is 18.7 Å². The predicted octanol–water partition coefficient (Wildman–Crippen LogP) is 3.81. The van der Waals surface area contributed by atoms with E-state index in [9.17, 15) is 13.2 Å². The molecule has 7 nitrogen and oxygen atoms in total. The minimum atomic E-state index is -3.56. The van der Waals surface area contributed by atoms with E-state index in [4.69, 9.17) is 11.6 Å². The van der Waals surface area contributed by atoms with Gasteiger partial charge in [-0.15, -0.1) is 0 Å². The van der Waals surface area contributed by atoms with Crippen LogP contribution in [0.1, 0.15) is 24.2 Å². The van der Waals surface area contributed by atoms with E-state index in [0.717, 1.165) is 5.69 Å². The maximum absolute atomic E-state index is 12.5.